The van der Waals surface area contributed by atoms with Crippen molar-refractivity contribution >= 4 is 5.57 Å². The lowest BCUT2D eigenvalue weighted by atomic mass is 9.83. The maximum Gasteiger partial charge on any atom is 0.118 e. The van der Waals surface area contributed by atoms with Crippen LogP contribution in [-0.4, -0.2) is 17.2 Å². The summed E-state index contributed by atoms with van der Waals surface area (Å²) in [5, 5.41) is 10.9. The van der Waals surface area contributed by atoms with Crippen LogP contribution in [0.1, 0.15) is 56.3 Å². The van der Waals surface area contributed by atoms with Crippen LogP contribution in [0, 0.1) is 5.92 Å². The molecule has 1 heterocycles. The van der Waals surface area contributed by atoms with Crippen molar-refractivity contribution in [1.82, 2.24) is 4.98 Å². The first-order valence-corrected chi connectivity index (χ1v) is 9.08. The van der Waals surface area contributed by atoms with Crippen molar-refractivity contribution in [2.24, 2.45) is 5.92 Å². The van der Waals surface area contributed by atoms with E-state index in [1.54, 1.807) is 19.5 Å². The number of benzene rings is 1. The predicted octanol–water partition coefficient (Wildman–Crippen LogP) is 5.42. The van der Waals surface area contributed by atoms with Gasteiger partial charge in [-0.2, -0.15) is 0 Å². The third-order valence-corrected chi connectivity index (χ3v) is 4.68. The summed E-state index contributed by atoms with van der Waals surface area (Å²) in [6.45, 7) is 6.51. The fourth-order valence-electron chi connectivity index (χ4n) is 3.12. The van der Waals surface area contributed by atoms with E-state index >= 15 is 0 Å². The number of nitrogens with zero attached hydrogens (tertiary/aromatic N) is 1. The Balaban J connectivity index is 2.18. The zero-order valence-corrected chi connectivity index (χ0v) is 15.3. The zero-order chi connectivity index (χ0) is 18.1. The van der Waals surface area contributed by atoms with E-state index < -0.39 is 6.10 Å². The average molecular weight is 339 g/mol. The zero-order valence-electron chi connectivity index (χ0n) is 15.3. The summed E-state index contributed by atoms with van der Waals surface area (Å²) in [6.07, 6.45) is 8.49. The van der Waals surface area contributed by atoms with Crippen LogP contribution in [0.5, 0.6) is 5.75 Å². The fraction of sp³-hybridized carbons (Fsp3) is 0.409. The van der Waals surface area contributed by atoms with Crippen molar-refractivity contribution in [3.63, 3.8) is 0 Å². The van der Waals surface area contributed by atoms with Gasteiger partial charge in [-0.3, -0.25) is 4.98 Å². The summed E-state index contributed by atoms with van der Waals surface area (Å²) in [5.74, 6) is 0.804. The molecule has 1 aromatic carbocycles. The molecule has 0 aliphatic carbocycles. The van der Waals surface area contributed by atoms with E-state index in [1.807, 2.05) is 36.4 Å². The molecule has 25 heavy (non-hydrogen) atoms. The number of methoxy groups -OCH3 is 1. The lowest BCUT2D eigenvalue weighted by molar-refractivity contribution is 0.129. The van der Waals surface area contributed by atoms with Gasteiger partial charge in [0, 0.05) is 18.3 Å². The molecule has 0 fully saturated rings. The SMILES string of the molecule is C=C(c1ccc(OC)cc1)[C@H](CCCCCC)[C@H](O)c1cccnc1. The van der Waals surface area contributed by atoms with E-state index in [4.69, 9.17) is 4.74 Å². The molecule has 0 saturated carbocycles. The molecule has 0 radical (unpaired) electrons. The van der Waals surface area contributed by atoms with Crippen molar-refractivity contribution in [2.45, 2.75) is 45.1 Å². The first-order valence-electron chi connectivity index (χ1n) is 9.08. The van der Waals surface area contributed by atoms with E-state index in [-0.39, 0.29) is 5.92 Å². The molecular weight excluding hydrogens is 310 g/mol. The van der Waals surface area contributed by atoms with Crippen molar-refractivity contribution in [2.75, 3.05) is 7.11 Å². The third kappa shape index (κ3) is 5.43. The van der Waals surface area contributed by atoms with Crippen molar-refractivity contribution < 1.29 is 9.84 Å². The maximum atomic E-state index is 10.9. The number of ether oxygens (including phenoxy) is 1. The minimum atomic E-state index is -0.593. The van der Waals surface area contributed by atoms with Crippen LogP contribution in [0.4, 0.5) is 0 Å². The van der Waals surface area contributed by atoms with Crippen LogP contribution < -0.4 is 4.74 Å². The number of rotatable bonds is 10. The molecular formula is C22H29NO2. The lowest BCUT2D eigenvalue weighted by Crippen LogP contribution is -2.15. The fourth-order valence-corrected chi connectivity index (χ4v) is 3.12. The second-order valence-electron chi connectivity index (χ2n) is 6.44. The molecule has 2 aromatic rings. The normalized spacial score (nSPS) is 13.2. The third-order valence-electron chi connectivity index (χ3n) is 4.68. The summed E-state index contributed by atoms with van der Waals surface area (Å²) >= 11 is 0. The molecule has 0 aliphatic heterocycles. The minimum absolute atomic E-state index is 0.0190. The number of aromatic nitrogens is 1. The van der Waals surface area contributed by atoms with Crippen LogP contribution in [0.25, 0.3) is 5.57 Å². The second-order valence-corrected chi connectivity index (χ2v) is 6.44. The topological polar surface area (TPSA) is 42.4 Å². The summed E-state index contributed by atoms with van der Waals surface area (Å²) < 4.78 is 5.23. The molecule has 0 saturated heterocycles. The van der Waals surface area contributed by atoms with Gasteiger partial charge in [0.25, 0.3) is 0 Å². The number of pyridine rings is 1. The van der Waals surface area contributed by atoms with Crippen LogP contribution >= 0.6 is 0 Å². The number of hydrogen-bond acceptors (Lipinski definition) is 3. The molecule has 3 heteroatoms. The second kappa shape index (κ2) is 10.00. The highest BCUT2D eigenvalue weighted by Crippen LogP contribution is 2.36. The van der Waals surface area contributed by atoms with Gasteiger partial charge in [0.15, 0.2) is 0 Å². The van der Waals surface area contributed by atoms with Crippen LogP contribution in [0.2, 0.25) is 0 Å². The molecule has 0 amide bonds. The van der Waals surface area contributed by atoms with Gasteiger partial charge in [0.2, 0.25) is 0 Å². The van der Waals surface area contributed by atoms with Gasteiger partial charge < -0.3 is 9.84 Å². The van der Waals surface area contributed by atoms with Gasteiger partial charge in [-0.1, -0.05) is 57.4 Å². The molecule has 2 atom stereocenters. The number of aliphatic hydroxyl groups is 1. The monoisotopic (exact) mass is 339 g/mol. The van der Waals surface area contributed by atoms with Gasteiger partial charge in [0.1, 0.15) is 5.75 Å². The van der Waals surface area contributed by atoms with Crippen molar-refractivity contribution in [1.29, 1.82) is 0 Å². The van der Waals surface area contributed by atoms with Gasteiger partial charge in [0.05, 0.1) is 13.2 Å². The molecule has 0 aliphatic rings. The summed E-state index contributed by atoms with van der Waals surface area (Å²) in [6, 6.07) is 11.7. The molecule has 3 nitrogen and oxygen atoms in total. The Kier molecular flexibility index (Phi) is 7.68. The van der Waals surface area contributed by atoms with E-state index in [2.05, 4.69) is 18.5 Å². The molecule has 134 valence electrons. The molecule has 1 aromatic heterocycles. The largest absolute Gasteiger partial charge is 0.497 e. The van der Waals surface area contributed by atoms with Gasteiger partial charge >= 0.3 is 0 Å². The Labute approximate surface area is 151 Å². The Morgan fingerprint density at radius 1 is 1.16 bits per heavy atom. The summed E-state index contributed by atoms with van der Waals surface area (Å²) in [4.78, 5) is 4.15. The number of aliphatic hydroxyl groups excluding tert-OH is 1. The Morgan fingerprint density at radius 3 is 2.52 bits per heavy atom. The van der Waals surface area contributed by atoms with Gasteiger partial charge in [-0.25, -0.2) is 0 Å². The van der Waals surface area contributed by atoms with E-state index in [0.717, 1.165) is 35.3 Å². The molecule has 1 N–H and O–H groups in total. The Bertz CT molecular complexity index is 637. The highest BCUT2D eigenvalue weighted by Gasteiger charge is 2.24. The maximum absolute atomic E-state index is 10.9. The molecule has 0 bridgehead atoms. The van der Waals surface area contributed by atoms with Crippen molar-refractivity contribution in [3.8, 4) is 5.75 Å². The van der Waals surface area contributed by atoms with Crippen molar-refractivity contribution in [3.05, 3.63) is 66.5 Å². The highest BCUT2D eigenvalue weighted by atomic mass is 16.5. The quantitative estimate of drug-likeness (QED) is 0.587. The van der Waals surface area contributed by atoms with E-state index in [1.165, 1.54) is 19.3 Å². The minimum Gasteiger partial charge on any atom is -0.497 e. The molecule has 2 rings (SSSR count). The molecule has 0 unspecified atom stereocenters. The number of hydrogen-bond donors (Lipinski definition) is 1. The van der Waals surface area contributed by atoms with Crippen LogP contribution in [0.15, 0.2) is 55.4 Å². The Hall–Kier alpha value is -2.13. The first kappa shape index (κ1) is 19.2. The average Bonchev–Trinajstić information content (AvgIpc) is 2.68. The van der Waals surface area contributed by atoms with Crippen LogP contribution in [-0.2, 0) is 0 Å². The van der Waals surface area contributed by atoms with Gasteiger partial charge in [-0.05, 0) is 41.3 Å². The Morgan fingerprint density at radius 2 is 1.92 bits per heavy atom. The summed E-state index contributed by atoms with van der Waals surface area (Å²) in [7, 11) is 1.66. The predicted molar refractivity (Wildman–Crippen MR) is 103 cm³/mol. The van der Waals surface area contributed by atoms with Crippen LogP contribution in [0.3, 0.4) is 0 Å². The van der Waals surface area contributed by atoms with Gasteiger partial charge in [-0.15, -0.1) is 0 Å². The van der Waals surface area contributed by atoms with E-state index in [9.17, 15) is 5.11 Å². The smallest absolute Gasteiger partial charge is 0.118 e. The van der Waals surface area contributed by atoms with E-state index in [0.29, 0.717) is 0 Å². The number of unbranched alkanes of at least 4 members (excludes halogenated alkanes) is 3. The standard InChI is InChI=1S/C22H29NO2/c1-4-5-6-7-10-21(22(24)19-9-8-15-23-16-19)17(2)18-11-13-20(25-3)14-12-18/h8-9,11-16,21-22,24H,2,4-7,10H2,1,3H3/t21-,22+/m0/s1. The summed E-state index contributed by atoms with van der Waals surface area (Å²) in [5.41, 5.74) is 2.86. The first-order chi connectivity index (χ1) is 12.2. The highest BCUT2D eigenvalue weighted by molar-refractivity contribution is 5.66. The lowest BCUT2D eigenvalue weighted by Gasteiger charge is -2.26. The molecule has 0 spiro atoms.